The third kappa shape index (κ3) is 25.0. The fraction of sp³-hybridized carbons (Fsp3) is 0.947. The summed E-state index contributed by atoms with van der Waals surface area (Å²) >= 11 is 0. The van der Waals surface area contributed by atoms with Crippen molar-refractivity contribution in [3.8, 4) is 0 Å². The predicted molar refractivity (Wildman–Crippen MR) is 111 cm³/mol. The molecule has 1 unspecified atom stereocenters. The Hall–Kier alpha value is -1.08. The second-order valence-electron chi connectivity index (χ2n) is 6.59. The molecule has 0 fully saturated rings. The van der Waals surface area contributed by atoms with E-state index in [1.54, 1.807) is 0 Å². The van der Waals surface area contributed by atoms with Crippen molar-refractivity contribution >= 4 is 6.03 Å². The van der Waals surface area contributed by atoms with Crippen LogP contribution in [0.3, 0.4) is 0 Å². The Morgan fingerprint density at radius 2 is 1.17 bits per heavy atom. The Kier molecular flexibility index (Phi) is 21.8. The van der Waals surface area contributed by atoms with Crippen molar-refractivity contribution in [2.75, 3.05) is 92.4 Å². The second-order valence-corrected chi connectivity index (χ2v) is 6.59. The van der Waals surface area contributed by atoms with Crippen LogP contribution in [-0.4, -0.2) is 111 Å². The van der Waals surface area contributed by atoms with Gasteiger partial charge in [0.05, 0.1) is 85.8 Å². The van der Waals surface area contributed by atoms with Crippen molar-refractivity contribution in [1.29, 1.82) is 0 Å². The van der Waals surface area contributed by atoms with Gasteiger partial charge in [0.15, 0.2) is 0 Å². The molecule has 180 valence electrons. The van der Waals surface area contributed by atoms with Crippen LogP contribution < -0.4 is 16.4 Å². The van der Waals surface area contributed by atoms with Crippen molar-refractivity contribution < 1.29 is 37.6 Å². The molecule has 0 aliphatic rings. The molecule has 0 saturated carbocycles. The first-order chi connectivity index (χ1) is 14.5. The van der Waals surface area contributed by atoms with E-state index in [1.165, 1.54) is 0 Å². The van der Waals surface area contributed by atoms with Crippen molar-refractivity contribution in [1.82, 2.24) is 10.6 Å². The van der Waals surface area contributed by atoms with Gasteiger partial charge in [-0.05, 0) is 0 Å². The fourth-order valence-electron chi connectivity index (χ4n) is 2.00. The first kappa shape index (κ1) is 28.9. The zero-order valence-electron chi connectivity index (χ0n) is 18.4. The predicted octanol–water partition coefficient (Wildman–Crippen LogP) is 0.0904. The standard InChI is InChI=1S/C19H40FN3O7/c1-17(2)22-3-4-25-5-6-26-7-8-27-9-10-28-11-12-29-13-14-30-16-18(20)15-23-19(21)24/h17-18,22H,3-16H2,1-2H3,(H3,21,23,24). The van der Waals surface area contributed by atoms with Gasteiger partial charge >= 0.3 is 6.03 Å². The van der Waals surface area contributed by atoms with Gasteiger partial charge in [-0.3, -0.25) is 0 Å². The van der Waals surface area contributed by atoms with Crippen LogP contribution in [0, 0.1) is 0 Å². The molecular formula is C19H40FN3O7. The lowest BCUT2D eigenvalue weighted by molar-refractivity contribution is -0.0190. The fourth-order valence-corrected chi connectivity index (χ4v) is 2.00. The highest BCUT2D eigenvalue weighted by Crippen LogP contribution is 1.91. The summed E-state index contributed by atoms with van der Waals surface area (Å²) in [5.41, 5.74) is 4.84. The summed E-state index contributed by atoms with van der Waals surface area (Å²) in [5, 5.41) is 5.44. The number of hydrogen-bond donors (Lipinski definition) is 3. The minimum atomic E-state index is -1.29. The first-order valence-corrected chi connectivity index (χ1v) is 10.4. The molecular weight excluding hydrogens is 401 g/mol. The average Bonchev–Trinajstić information content (AvgIpc) is 2.70. The zero-order chi connectivity index (χ0) is 22.3. The number of nitrogens with one attached hydrogen (secondary N) is 2. The SMILES string of the molecule is CC(C)NCCOCCOCCOCCOCCOCCOCC(F)CNC(N)=O. The van der Waals surface area contributed by atoms with E-state index in [0.717, 1.165) is 6.54 Å². The van der Waals surface area contributed by atoms with Crippen LogP contribution >= 0.6 is 0 Å². The Labute approximate surface area is 179 Å². The molecule has 0 saturated heterocycles. The third-order valence-electron chi connectivity index (χ3n) is 3.46. The normalized spacial score (nSPS) is 12.4. The molecule has 0 aromatic rings. The number of halogens is 1. The maximum absolute atomic E-state index is 13.2. The van der Waals surface area contributed by atoms with Crippen molar-refractivity contribution in [3.63, 3.8) is 0 Å². The number of carbonyl (C=O) groups is 1. The largest absolute Gasteiger partial charge is 0.378 e. The first-order valence-electron chi connectivity index (χ1n) is 10.4. The Bertz CT molecular complexity index is 382. The molecule has 2 amide bonds. The molecule has 0 aromatic carbocycles. The molecule has 1 atom stereocenters. The third-order valence-corrected chi connectivity index (χ3v) is 3.46. The van der Waals surface area contributed by atoms with Gasteiger partial charge in [0.1, 0.15) is 6.17 Å². The molecule has 11 heteroatoms. The highest BCUT2D eigenvalue weighted by atomic mass is 19.1. The van der Waals surface area contributed by atoms with E-state index in [-0.39, 0.29) is 19.8 Å². The Morgan fingerprint density at radius 3 is 1.57 bits per heavy atom. The maximum Gasteiger partial charge on any atom is 0.312 e. The zero-order valence-corrected chi connectivity index (χ0v) is 18.4. The molecule has 0 radical (unpaired) electrons. The number of alkyl halides is 1. The van der Waals surface area contributed by atoms with E-state index >= 15 is 0 Å². The van der Waals surface area contributed by atoms with Gasteiger partial charge in [-0.15, -0.1) is 0 Å². The molecule has 4 N–H and O–H groups in total. The van der Waals surface area contributed by atoms with Crippen molar-refractivity contribution in [3.05, 3.63) is 0 Å². The lowest BCUT2D eigenvalue weighted by atomic mass is 10.4. The number of amides is 2. The molecule has 0 heterocycles. The van der Waals surface area contributed by atoms with Crippen molar-refractivity contribution in [2.45, 2.75) is 26.1 Å². The number of carbonyl (C=O) groups excluding carboxylic acids is 1. The quantitative estimate of drug-likeness (QED) is 0.191. The number of hydrogen-bond acceptors (Lipinski definition) is 8. The van der Waals surface area contributed by atoms with Crippen LogP contribution in [0.4, 0.5) is 9.18 Å². The summed E-state index contributed by atoms with van der Waals surface area (Å²) in [7, 11) is 0. The molecule has 0 aliphatic heterocycles. The van der Waals surface area contributed by atoms with Gasteiger partial charge in [0.2, 0.25) is 0 Å². The van der Waals surface area contributed by atoms with Crippen LogP contribution in [-0.2, 0) is 28.4 Å². The number of rotatable bonds is 23. The van der Waals surface area contributed by atoms with Gasteiger partial charge in [-0.2, -0.15) is 0 Å². The topological polar surface area (TPSA) is 123 Å². The summed E-state index contributed by atoms with van der Waals surface area (Å²) in [6, 6.07) is -0.286. The van der Waals surface area contributed by atoms with E-state index in [1.807, 2.05) is 0 Å². The molecule has 10 nitrogen and oxygen atoms in total. The summed E-state index contributed by atoms with van der Waals surface area (Å²) in [6.45, 7) is 10.0. The van der Waals surface area contributed by atoms with Crippen LogP contribution in [0.25, 0.3) is 0 Å². The molecule has 0 rings (SSSR count). The van der Waals surface area contributed by atoms with E-state index in [9.17, 15) is 9.18 Å². The minimum Gasteiger partial charge on any atom is -0.378 e. The number of ether oxygens (including phenoxy) is 6. The molecule has 30 heavy (non-hydrogen) atoms. The molecule has 0 aliphatic carbocycles. The van der Waals surface area contributed by atoms with Gasteiger partial charge in [0.25, 0.3) is 0 Å². The van der Waals surface area contributed by atoms with E-state index in [4.69, 9.17) is 34.2 Å². The number of primary amides is 1. The van der Waals surface area contributed by atoms with Crippen LogP contribution in [0.2, 0.25) is 0 Å². The molecule has 0 aromatic heterocycles. The summed E-state index contributed by atoms with van der Waals surface area (Å²) in [4.78, 5) is 10.4. The van der Waals surface area contributed by atoms with Crippen LogP contribution in [0.1, 0.15) is 13.8 Å². The van der Waals surface area contributed by atoms with E-state index < -0.39 is 12.2 Å². The molecule has 0 spiro atoms. The smallest absolute Gasteiger partial charge is 0.312 e. The van der Waals surface area contributed by atoms with Gasteiger partial charge in [-0.25, -0.2) is 9.18 Å². The van der Waals surface area contributed by atoms with Crippen LogP contribution in [0.15, 0.2) is 0 Å². The van der Waals surface area contributed by atoms with Gasteiger partial charge < -0.3 is 44.8 Å². The Morgan fingerprint density at radius 1 is 0.767 bits per heavy atom. The number of urea groups is 1. The average molecular weight is 442 g/mol. The van der Waals surface area contributed by atoms with Gasteiger partial charge in [0, 0.05) is 12.6 Å². The maximum atomic E-state index is 13.2. The van der Waals surface area contributed by atoms with Crippen LogP contribution in [0.5, 0.6) is 0 Å². The second kappa shape index (κ2) is 22.6. The lowest BCUT2D eigenvalue weighted by Crippen LogP contribution is -2.36. The molecule has 0 bridgehead atoms. The summed E-state index contributed by atoms with van der Waals surface area (Å²) in [6.07, 6.45) is -1.29. The highest BCUT2D eigenvalue weighted by Gasteiger charge is 2.07. The van der Waals surface area contributed by atoms with Gasteiger partial charge in [-0.1, -0.05) is 13.8 Å². The van der Waals surface area contributed by atoms with E-state index in [0.29, 0.717) is 72.1 Å². The minimum absolute atomic E-state index is 0.121. The van der Waals surface area contributed by atoms with E-state index in [2.05, 4.69) is 24.5 Å². The highest BCUT2D eigenvalue weighted by molar-refractivity contribution is 5.71. The summed E-state index contributed by atoms with van der Waals surface area (Å²) in [5.74, 6) is 0. The summed E-state index contributed by atoms with van der Waals surface area (Å²) < 4.78 is 45.2. The number of nitrogens with two attached hydrogens (primary N) is 1. The lowest BCUT2D eigenvalue weighted by Gasteiger charge is -2.10. The van der Waals surface area contributed by atoms with Crippen molar-refractivity contribution in [2.24, 2.45) is 5.73 Å². The monoisotopic (exact) mass is 441 g/mol. The Balaban J connectivity index is 3.09.